The fraction of sp³-hybridized carbons (Fsp3) is 0.875. The first kappa shape index (κ1) is 17.9. The van der Waals surface area contributed by atoms with Gasteiger partial charge in [0.15, 0.2) is 0 Å². The van der Waals surface area contributed by atoms with Crippen LogP contribution in [-0.2, 0) is 9.53 Å². The molecule has 0 atom stereocenters. The Morgan fingerprint density at radius 1 is 1.00 bits per heavy atom. The number of piperazine rings is 1. The van der Waals surface area contributed by atoms with Crippen LogP contribution < -0.4 is 0 Å². The Morgan fingerprint density at radius 2 is 1.48 bits per heavy atom. The molecule has 1 aliphatic heterocycles. The lowest BCUT2D eigenvalue weighted by molar-refractivity contribution is -0.141. The predicted octanol–water partition coefficient (Wildman–Crippen LogP) is 2.89. The van der Waals surface area contributed by atoms with Crippen LogP contribution in [0.5, 0.6) is 0 Å². The van der Waals surface area contributed by atoms with Gasteiger partial charge in [-0.3, -0.25) is 4.79 Å². The molecule has 0 radical (unpaired) electrons. The van der Waals surface area contributed by atoms with Crippen molar-refractivity contribution < 1.29 is 23.1 Å². The van der Waals surface area contributed by atoms with Crippen LogP contribution in [0, 0.1) is 5.92 Å². The lowest BCUT2D eigenvalue weighted by Gasteiger charge is -2.38. The zero-order valence-corrected chi connectivity index (χ0v) is 14.1. The molecule has 1 saturated carbocycles. The summed E-state index contributed by atoms with van der Waals surface area (Å²) in [4.78, 5) is 27.7. The molecule has 0 aromatic carbocycles. The van der Waals surface area contributed by atoms with Crippen LogP contribution in [0.25, 0.3) is 0 Å². The normalized spacial score (nSPS) is 22.8. The fourth-order valence-electron chi connectivity index (χ4n) is 2.98. The molecule has 2 rings (SSSR count). The Balaban J connectivity index is 1.80. The summed E-state index contributed by atoms with van der Waals surface area (Å²) in [5.41, 5.74) is -0.544. The molecule has 0 bridgehead atoms. The lowest BCUT2D eigenvalue weighted by Crippen LogP contribution is -2.53. The van der Waals surface area contributed by atoms with E-state index in [0.29, 0.717) is 26.2 Å². The minimum Gasteiger partial charge on any atom is -0.444 e. The summed E-state index contributed by atoms with van der Waals surface area (Å²) in [5.74, 6) is -2.97. The Bertz CT molecular complexity index is 445. The molecule has 2 aliphatic rings. The van der Waals surface area contributed by atoms with Gasteiger partial charge in [-0.25, -0.2) is 13.6 Å². The smallest absolute Gasteiger partial charge is 0.410 e. The first-order valence-electron chi connectivity index (χ1n) is 8.22. The summed E-state index contributed by atoms with van der Waals surface area (Å²) in [6, 6.07) is 0. The Morgan fingerprint density at radius 3 is 1.96 bits per heavy atom. The molecule has 2 fully saturated rings. The van der Waals surface area contributed by atoms with E-state index in [4.69, 9.17) is 4.74 Å². The van der Waals surface area contributed by atoms with Crippen LogP contribution in [0.4, 0.5) is 13.6 Å². The molecule has 0 aromatic heterocycles. The van der Waals surface area contributed by atoms with Gasteiger partial charge in [0, 0.05) is 44.9 Å². The lowest BCUT2D eigenvalue weighted by atomic mass is 9.86. The number of nitrogens with zero attached hydrogens (tertiary/aromatic N) is 2. The first-order chi connectivity index (χ1) is 10.6. The first-order valence-corrected chi connectivity index (χ1v) is 8.22. The second-order valence-corrected chi connectivity index (χ2v) is 7.42. The van der Waals surface area contributed by atoms with Gasteiger partial charge in [0.1, 0.15) is 5.60 Å². The molecule has 1 aliphatic carbocycles. The number of amides is 2. The summed E-state index contributed by atoms with van der Waals surface area (Å²) in [7, 11) is 0. The number of carbonyl (C=O) groups is 2. The van der Waals surface area contributed by atoms with Crippen molar-refractivity contribution in [3.05, 3.63) is 0 Å². The van der Waals surface area contributed by atoms with Crippen molar-refractivity contribution in [2.24, 2.45) is 5.92 Å². The fourth-order valence-corrected chi connectivity index (χ4v) is 2.98. The number of hydrogen-bond donors (Lipinski definition) is 0. The second-order valence-electron chi connectivity index (χ2n) is 7.42. The summed E-state index contributed by atoms with van der Waals surface area (Å²) in [6.45, 7) is 7.14. The van der Waals surface area contributed by atoms with E-state index in [-0.39, 0.29) is 43.6 Å². The van der Waals surface area contributed by atoms with Crippen molar-refractivity contribution in [3.63, 3.8) is 0 Å². The molecule has 0 N–H and O–H groups in total. The van der Waals surface area contributed by atoms with E-state index in [1.54, 1.807) is 9.80 Å². The van der Waals surface area contributed by atoms with Crippen molar-refractivity contribution in [2.75, 3.05) is 26.2 Å². The van der Waals surface area contributed by atoms with Crippen LogP contribution in [0.15, 0.2) is 0 Å². The monoisotopic (exact) mass is 332 g/mol. The number of ether oxygens (including phenoxy) is 1. The molecular weight excluding hydrogens is 306 g/mol. The standard InChI is InChI=1S/C16H26F2N2O3/c1-15(2,3)23-14(22)20-10-8-19(9-11-20)13(21)12-4-6-16(17,18)7-5-12/h12H,4-11H2,1-3H3. The van der Waals surface area contributed by atoms with Crippen LogP contribution in [0.3, 0.4) is 0 Å². The molecule has 0 spiro atoms. The molecular formula is C16H26F2N2O3. The Kier molecular flexibility index (Phi) is 5.16. The van der Waals surface area contributed by atoms with Gasteiger partial charge in [0.2, 0.25) is 11.8 Å². The van der Waals surface area contributed by atoms with Gasteiger partial charge in [0.05, 0.1) is 0 Å². The molecule has 7 heteroatoms. The van der Waals surface area contributed by atoms with Gasteiger partial charge in [-0.15, -0.1) is 0 Å². The zero-order chi connectivity index (χ0) is 17.3. The van der Waals surface area contributed by atoms with Gasteiger partial charge >= 0.3 is 6.09 Å². The minimum atomic E-state index is -2.62. The van der Waals surface area contributed by atoms with Gasteiger partial charge in [-0.1, -0.05) is 0 Å². The minimum absolute atomic E-state index is 0.0515. The highest BCUT2D eigenvalue weighted by atomic mass is 19.3. The molecule has 1 heterocycles. The average molecular weight is 332 g/mol. The van der Waals surface area contributed by atoms with E-state index in [1.807, 2.05) is 20.8 Å². The highest BCUT2D eigenvalue weighted by Crippen LogP contribution is 2.36. The zero-order valence-electron chi connectivity index (χ0n) is 14.1. The molecule has 132 valence electrons. The summed E-state index contributed by atoms with van der Waals surface area (Å²) < 4.78 is 31.7. The molecule has 0 unspecified atom stereocenters. The quantitative estimate of drug-likeness (QED) is 0.742. The van der Waals surface area contributed by atoms with Crippen molar-refractivity contribution in [3.8, 4) is 0 Å². The molecule has 2 amide bonds. The number of alkyl halides is 2. The number of rotatable bonds is 1. The Hall–Kier alpha value is -1.40. The maximum Gasteiger partial charge on any atom is 0.410 e. The van der Waals surface area contributed by atoms with Gasteiger partial charge in [0.25, 0.3) is 0 Å². The van der Waals surface area contributed by atoms with Crippen molar-refractivity contribution in [1.29, 1.82) is 0 Å². The van der Waals surface area contributed by atoms with Crippen molar-refractivity contribution >= 4 is 12.0 Å². The maximum absolute atomic E-state index is 13.2. The van der Waals surface area contributed by atoms with Crippen molar-refractivity contribution in [2.45, 2.75) is 58.0 Å². The summed E-state index contributed by atoms with van der Waals surface area (Å²) in [5, 5.41) is 0. The SMILES string of the molecule is CC(C)(C)OC(=O)N1CCN(C(=O)C2CCC(F)(F)CC2)CC1. The third-order valence-corrected chi connectivity index (χ3v) is 4.31. The molecule has 23 heavy (non-hydrogen) atoms. The van der Waals surface area contributed by atoms with E-state index in [9.17, 15) is 18.4 Å². The Labute approximate surface area is 135 Å². The maximum atomic E-state index is 13.2. The molecule has 1 saturated heterocycles. The van der Waals surface area contributed by atoms with Gasteiger partial charge in [-0.05, 0) is 33.6 Å². The van der Waals surface area contributed by atoms with E-state index < -0.39 is 11.5 Å². The highest BCUT2D eigenvalue weighted by Gasteiger charge is 2.39. The number of carbonyl (C=O) groups excluding carboxylic acids is 2. The average Bonchev–Trinajstić information content (AvgIpc) is 2.45. The number of halogens is 2. The van der Waals surface area contributed by atoms with E-state index in [0.717, 1.165) is 0 Å². The summed E-state index contributed by atoms with van der Waals surface area (Å²) >= 11 is 0. The van der Waals surface area contributed by atoms with Crippen LogP contribution in [0.2, 0.25) is 0 Å². The second kappa shape index (κ2) is 6.61. The van der Waals surface area contributed by atoms with E-state index in [2.05, 4.69) is 0 Å². The van der Waals surface area contributed by atoms with Crippen LogP contribution >= 0.6 is 0 Å². The van der Waals surface area contributed by atoms with Gasteiger partial charge in [-0.2, -0.15) is 0 Å². The topological polar surface area (TPSA) is 49.9 Å². The van der Waals surface area contributed by atoms with E-state index in [1.165, 1.54) is 0 Å². The van der Waals surface area contributed by atoms with E-state index >= 15 is 0 Å². The van der Waals surface area contributed by atoms with Crippen LogP contribution in [-0.4, -0.2) is 59.5 Å². The number of hydrogen-bond acceptors (Lipinski definition) is 3. The van der Waals surface area contributed by atoms with Gasteiger partial charge < -0.3 is 14.5 Å². The third kappa shape index (κ3) is 5.04. The van der Waals surface area contributed by atoms with Crippen LogP contribution in [0.1, 0.15) is 46.5 Å². The molecule has 5 nitrogen and oxygen atoms in total. The largest absolute Gasteiger partial charge is 0.444 e. The third-order valence-electron chi connectivity index (χ3n) is 4.31. The van der Waals surface area contributed by atoms with Crippen molar-refractivity contribution in [1.82, 2.24) is 9.80 Å². The highest BCUT2D eigenvalue weighted by molar-refractivity contribution is 5.79. The molecule has 0 aromatic rings. The predicted molar refractivity (Wildman–Crippen MR) is 81.3 cm³/mol. The summed E-state index contributed by atoms with van der Waals surface area (Å²) in [6.07, 6.45) is -0.291.